The van der Waals surface area contributed by atoms with E-state index in [2.05, 4.69) is 10.1 Å². The summed E-state index contributed by atoms with van der Waals surface area (Å²) in [5, 5.41) is 12.7. The molecule has 3 amide bonds. The fraction of sp³-hybridized carbons (Fsp3) is 0.500. The van der Waals surface area contributed by atoms with Gasteiger partial charge in [-0.2, -0.15) is 0 Å². The van der Waals surface area contributed by atoms with E-state index in [0.717, 1.165) is 29.1 Å². The van der Waals surface area contributed by atoms with E-state index >= 15 is 0 Å². The predicted molar refractivity (Wildman–Crippen MR) is 159 cm³/mol. The number of carbonyl (C=O) groups excluding carboxylic acids is 5. The molecule has 0 radical (unpaired) electrons. The Balaban J connectivity index is 0.00000423. The van der Waals surface area contributed by atoms with E-state index in [9.17, 15) is 24.0 Å². The number of nitrogens with two attached hydrogens (primary N) is 1. The smallest absolute Gasteiger partial charge is 0.358 e. The molecule has 3 aliphatic heterocycles. The molecule has 0 spiro atoms. The maximum atomic E-state index is 13.7. The van der Waals surface area contributed by atoms with E-state index in [1.807, 2.05) is 4.90 Å². The molecule has 3 fully saturated rings. The van der Waals surface area contributed by atoms with Crippen molar-refractivity contribution in [3.63, 3.8) is 0 Å². The Bertz CT molecular complexity index is 1430. The summed E-state index contributed by atoms with van der Waals surface area (Å²) < 4.78 is 10.4. The SMILES string of the molecule is CC(C)(C)C(=O)OCOC(=O)C1=C(/C=C2\CCN(C3CC3)C2=O)CS[C@@H]2[C@H](N(C(=O)/C=N\O)c3csc(N)n3)C(=O)N12.Cl. The number of allylic oxidation sites excluding steroid dienone is 1. The van der Waals surface area contributed by atoms with Crippen molar-refractivity contribution in [1.82, 2.24) is 14.8 Å². The van der Waals surface area contributed by atoms with Crippen LogP contribution in [0.15, 0.2) is 33.5 Å². The molecule has 14 nitrogen and oxygen atoms in total. The Morgan fingerprint density at radius 3 is 2.58 bits per heavy atom. The van der Waals surface area contributed by atoms with E-state index in [0.29, 0.717) is 30.3 Å². The lowest BCUT2D eigenvalue weighted by atomic mass is 9.98. The number of oxime groups is 1. The van der Waals surface area contributed by atoms with Gasteiger partial charge in [0.05, 0.1) is 5.41 Å². The molecule has 1 aliphatic carbocycles. The van der Waals surface area contributed by atoms with Crippen LogP contribution < -0.4 is 10.6 Å². The van der Waals surface area contributed by atoms with Gasteiger partial charge >= 0.3 is 11.9 Å². The summed E-state index contributed by atoms with van der Waals surface area (Å²) in [6.07, 6.45) is 4.71. The first-order valence-corrected chi connectivity index (χ1v) is 15.1. The lowest BCUT2D eigenvalue weighted by Crippen LogP contribution is -2.72. The molecule has 1 aromatic rings. The van der Waals surface area contributed by atoms with Crippen molar-refractivity contribution in [2.75, 3.05) is 29.7 Å². The average Bonchev–Trinajstić information content (AvgIpc) is 3.59. The minimum Gasteiger partial charge on any atom is -0.427 e. The minimum absolute atomic E-state index is 0. The summed E-state index contributed by atoms with van der Waals surface area (Å²) in [6, 6.07) is -0.857. The molecular weight excluding hydrogens is 624 g/mol. The van der Waals surface area contributed by atoms with Crippen LogP contribution in [-0.2, 0) is 33.4 Å². The van der Waals surface area contributed by atoms with Crippen molar-refractivity contribution >= 4 is 82.3 Å². The molecule has 1 saturated carbocycles. The number of amides is 3. The number of aromatic nitrogens is 1. The van der Waals surface area contributed by atoms with Crippen LogP contribution in [-0.4, -0.2) is 92.4 Å². The number of carbonyl (C=O) groups is 5. The Kier molecular flexibility index (Phi) is 9.42. The number of fused-ring (bicyclic) bond motifs is 1. The van der Waals surface area contributed by atoms with E-state index in [4.69, 9.17) is 20.4 Å². The van der Waals surface area contributed by atoms with Crippen LogP contribution in [0.1, 0.15) is 40.0 Å². The second-order valence-electron chi connectivity index (χ2n) is 11.1. The molecule has 4 aliphatic rings. The zero-order valence-electron chi connectivity index (χ0n) is 23.5. The summed E-state index contributed by atoms with van der Waals surface area (Å²) >= 11 is 2.34. The number of halogens is 1. The van der Waals surface area contributed by atoms with Gasteiger partial charge in [-0.1, -0.05) is 5.16 Å². The van der Waals surface area contributed by atoms with Crippen molar-refractivity contribution in [3.8, 4) is 0 Å². The standard InChI is InChI=1S/C26H30N6O8S2.ClH/c1-26(2,3)24(37)40-12-39-23(36)18-14(8-13-6-7-30(20(13)34)15-4-5-15)10-41-22-19(21(35)32(18)22)31(17(33)9-28-38)16-11-42-25(27)29-16;/h8-9,11,15,19,22,38H,4-7,10,12H2,1-3H3,(H2,27,29);1H/b13-8+,28-9-;/t19-,22-;/m1./s1. The summed E-state index contributed by atoms with van der Waals surface area (Å²) in [7, 11) is 0. The summed E-state index contributed by atoms with van der Waals surface area (Å²) in [5.74, 6) is -2.72. The van der Waals surface area contributed by atoms with Crippen LogP contribution >= 0.6 is 35.5 Å². The van der Waals surface area contributed by atoms with Gasteiger partial charge in [0.15, 0.2) is 5.13 Å². The Morgan fingerprint density at radius 1 is 1.26 bits per heavy atom. The molecule has 2 atom stereocenters. The number of hydrogen-bond donors (Lipinski definition) is 2. The van der Waals surface area contributed by atoms with Crippen LogP contribution in [0, 0.1) is 5.41 Å². The normalized spacial score (nSPS) is 22.8. The first kappa shape index (κ1) is 32.3. The second kappa shape index (κ2) is 12.5. The van der Waals surface area contributed by atoms with E-state index < -0.39 is 47.4 Å². The quantitative estimate of drug-likeness (QED) is 0.0793. The first-order chi connectivity index (χ1) is 19.9. The van der Waals surface area contributed by atoms with Crippen LogP contribution in [0.2, 0.25) is 0 Å². The van der Waals surface area contributed by atoms with E-state index in [-0.39, 0.29) is 46.8 Å². The van der Waals surface area contributed by atoms with Gasteiger partial charge in [-0.3, -0.25) is 29.0 Å². The lowest BCUT2D eigenvalue weighted by molar-refractivity contribution is -0.173. The van der Waals surface area contributed by atoms with Gasteiger partial charge < -0.3 is 25.3 Å². The Hall–Kier alpha value is -3.63. The number of rotatable bonds is 8. The highest BCUT2D eigenvalue weighted by molar-refractivity contribution is 8.00. The van der Waals surface area contributed by atoms with Crippen LogP contribution in [0.5, 0.6) is 0 Å². The maximum Gasteiger partial charge on any atom is 0.358 e. The van der Waals surface area contributed by atoms with Crippen LogP contribution in [0.4, 0.5) is 10.9 Å². The number of β-lactam (4-membered cyclic amide) rings is 1. The Labute approximate surface area is 261 Å². The average molecular weight is 655 g/mol. The number of ether oxygens (including phenoxy) is 2. The number of hydrogen-bond acceptors (Lipinski definition) is 13. The van der Waals surface area contributed by atoms with Gasteiger partial charge in [0.2, 0.25) is 12.7 Å². The number of thioether (sulfide) groups is 1. The van der Waals surface area contributed by atoms with E-state index in [1.54, 1.807) is 26.8 Å². The van der Waals surface area contributed by atoms with Gasteiger partial charge in [0, 0.05) is 29.3 Å². The Morgan fingerprint density at radius 2 is 1.98 bits per heavy atom. The maximum absolute atomic E-state index is 13.7. The van der Waals surface area contributed by atoms with Gasteiger partial charge in [0.25, 0.3) is 11.8 Å². The van der Waals surface area contributed by atoms with Crippen molar-refractivity contribution in [2.45, 2.75) is 57.5 Å². The van der Waals surface area contributed by atoms with E-state index in [1.165, 1.54) is 22.0 Å². The highest BCUT2D eigenvalue weighted by Crippen LogP contribution is 2.45. The van der Waals surface area contributed by atoms with Crippen molar-refractivity contribution in [1.29, 1.82) is 0 Å². The largest absolute Gasteiger partial charge is 0.427 e. The predicted octanol–water partition coefficient (Wildman–Crippen LogP) is 1.89. The fourth-order valence-corrected chi connectivity index (χ4v) is 6.74. The molecule has 232 valence electrons. The monoisotopic (exact) mass is 654 g/mol. The highest BCUT2D eigenvalue weighted by Gasteiger charge is 2.58. The zero-order valence-corrected chi connectivity index (χ0v) is 26.0. The number of likely N-dealkylation sites (tertiary alicyclic amines) is 1. The number of anilines is 2. The number of thiazole rings is 1. The molecule has 0 unspecified atom stereocenters. The third-order valence-electron chi connectivity index (χ3n) is 7.09. The number of esters is 2. The first-order valence-electron chi connectivity index (χ1n) is 13.2. The summed E-state index contributed by atoms with van der Waals surface area (Å²) in [6.45, 7) is 4.88. The molecule has 43 heavy (non-hydrogen) atoms. The molecule has 4 heterocycles. The van der Waals surface area contributed by atoms with Crippen molar-refractivity contribution < 1.29 is 38.7 Å². The molecule has 17 heteroatoms. The van der Waals surface area contributed by atoms with Crippen LogP contribution in [0.25, 0.3) is 0 Å². The minimum atomic E-state index is -1.10. The molecule has 1 aromatic heterocycles. The number of nitrogens with zero attached hydrogens (tertiary/aromatic N) is 5. The topological polar surface area (TPSA) is 185 Å². The van der Waals surface area contributed by atoms with Crippen LogP contribution in [0.3, 0.4) is 0 Å². The van der Waals surface area contributed by atoms with Gasteiger partial charge in [0.1, 0.15) is 29.1 Å². The molecule has 0 bridgehead atoms. The van der Waals surface area contributed by atoms with Gasteiger partial charge in [-0.15, -0.1) is 35.5 Å². The zero-order chi connectivity index (χ0) is 30.3. The van der Waals surface area contributed by atoms with Gasteiger partial charge in [-0.25, -0.2) is 9.78 Å². The molecule has 2 saturated heterocycles. The molecule has 0 aromatic carbocycles. The third-order valence-corrected chi connectivity index (χ3v) is 9.04. The number of nitrogen functional groups attached to an aromatic ring is 1. The third kappa shape index (κ3) is 6.35. The molecule has 3 N–H and O–H groups in total. The highest BCUT2D eigenvalue weighted by atomic mass is 35.5. The van der Waals surface area contributed by atoms with Crippen molar-refractivity contribution in [2.24, 2.45) is 10.6 Å². The lowest BCUT2D eigenvalue weighted by Gasteiger charge is -2.52. The molecule has 5 rings (SSSR count). The molecular formula is C26H31ClN6O8S2. The van der Waals surface area contributed by atoms with Gasteiger partial charge in [-0.05, 0) is 51.7 Å². The van der Waals surface area contributed by atoms with Crippen molar-refractivity contribution in [3.05, 3.63) is 28.3 Å². The second-order valence-corrected chi connectivity index (χ2v) is 13.1. The summed E-state index contributed by atoms with van der Waals surface area (Å²) in [4.78, 5) is 73.4. The summed E-state index contributed by atoms with van der Waals surface area (Å²) in [5.41, 5.74) is 5.77. The fourth-order valence-electron chi connectivity index (χ4n) is 4.86.